The van der Waals surface area contributed by atoms with E-state index in [4.69, 9.17) is 16.3 Å². The average Bonchev–Trinajstić information content (AvgIpc) is 2.75. The van der Waals surface area contributed by atoms with E-state index in [9.17, 15) is 4.79 Å². The molecule has 0 atom stereocenters. The Labute approximate surface area is 187 Å². The third kappa shape index (κ3) is 6.04. The minimum Gasteiger partial charge on any atom is -0.457 e. The van der Waals surface area contributed by atoms with Crippen molar-refractivity contribution in [3.8, 4) is 11.5 Å². The van der Waals surface area contributed by atoms with E-state index in [1.165, 1.54) is 17.3 Å². The molecular formula is C25H26ClNO2S. The van der Waals surface area contributed by atoms with Crippen LogP contribution in [0.2, 0.25) is 5.02 Å². The lowest BCUT2D eigenvalue weighted by molar-refractivity contribution is -0.113. The first kappa shape index (κ1) is 22.3. The van der Waals surface area contributed by atoms with Gasteiger partial charge in [0.15, 0.2) is 0 Å². The van der Waals surface area contributed by atoms with Crippen LogP contribution in [0.25, 0.3) is 0 Å². The molecule has 0 saturated carbocycles. The molecule has 0 aliphatic carbocycles. The SMILES string of the molecule is CCC(C)(C)c1ccc(Oc2ccc(NC(=O)CSc3ccccc3Cl)cc2)cc1. The second-order valence-corrected chi connectivity index (χ2v) is 9.08. The molecule has 3 rings (SSSR count). The number of rotatable bonds is 8. The fourth-order valence-electron chi connectivity index (χ4n) is 2.82. The summed E-state index contributed by atoms with van der Waals surface area (Å²) in [6, 6.07) is 23.1. The second kappa shape index (κ2) is 10.1. The first-order valence-corrected chi connectivity index (χ1v) is 11.3. The number of hydrogen-bond acceptors (Lipinski definition) is 3. The maximum absolute atomic E-state index is 12.2. The number of benzene rings is 3. The van der Waals surface area contributed by atoms with Crippen molar-refractivity contribution in [2.45, 2.75) is 37.5 Å². The van der Waals surface area contributed by atoms with Crippen LogP contribution in [0.1, 0.15) is 32.8 Å². The van der Waals surface area contributed by atoms with Crippen molar-refractivity contribution < 1.29 is 9.53 Å². The van der Waals surface area contributed by atoms with Gasteiger partial charge in [-0.05, 0) is 65.9 Å². The number of anilines is 1. The van der Waals surface area contributed by atoms with Crippen LogP contribution in [0.15, 0.2) is 77.7 Å². The number of amides is 1. The predicted molar refractivity (Wildman–Crippen MR) is 127 cm³/mol. The highest BCUT2D eigenvalue weighted by Crippen LogP contribution is 2.30. The van der Waals surface area contributed by atoms with Crippen LogP contribution in [-0.4, -0.2) is 11.7 Å². The van der Waals surface area contributed by atoms with Crippen LogP contribution >= 0.6 is 23.4 Å². The topological polar surface area (TPSA) is 38.3 Å². The van der Waals surface area contributed by atoms with Gasteiger partial charge in [-0.25, -0.2) is 0 Å². The van der Waals surface area contributed by atoms with Crippen LogP contribution in [0.4, 0.5) is 5.69 Å². The zero-order valence-corrected chi connectivity index (χ0v) is 19.0. The number of nitrogens with one attached hydrogen (secondary N) is 1. The molecule has 1 amide bonds. The fourth-order valence-corrected chi connectivity index (χ4v) is 3.86. The van der Waals surface area contributed by atoms with Gasteiger partial charge in [-0.1, -0.05) is 56.6 Å². The molecule has 0 saturated heterocycles. The van der Waals surface area contributed by atoms with E-state index in [1.54, 1.807) is 0 Å². The first-order valence-electron chi connectivity index (χ1n) is 9.93. The Morgan fingerprint density at radius 3 is 2.17 bits per heavy atom. The molecule has 0 fully saturated rings. The molecule has 3 nitrogen and oxygen atoms in total. The summed E-state index contributed by atoms with van der Waals surface area (Å²) in [4.78, 5) is 13.1. The van der Waals surface area contributed by atoms with Gasteiger partial charge in [-0.3, -0.25) is 4.79 Å². The molecule has 0 radical (unpaired) electrons. The van der Waals surface area contributed by atoms with Crippen molar-refractivity contribution in [2.24, 2.45) is 0 Å². The van der Waals surface area contributed by atoms with Gasteiger partial charge in [0.05, 0.1) is 10.8 Å². The molecule has 0 aromatic heterocycles. The molecule has 0 aliphatic heterocycles. The first-order chi connectivity index (χ1) is 14.4. The van der Waals surface area contributed by atoms with Crippen molar-refractivity contribution in [1.29, 1.82) is 0 Å². The molecule has 156 valence electrons. The summed E-state index contributed by atoms with van der Waals surface area (Å²) in [5.74, 6) is 1.73. The van der Waals surface area contributed by atoms with E-state index < -0.39 is 0 Å². The standard InChI is InChI=1S/C25H26ClNO2S/c1-4-25(2,3)18-9-13-20(14-10-18)29-21-15-11-19(12-16-21)27-24(28)17-30-23-8-6-5-7-22(23)26/h5-16H,4,17H2,1-3H3,(H,27,28). The lowest BCUT2D eigenvalue weighted by Gasteiger charge is -2.23. The maximum Gasteiger partial charge on any atom is 0.234 e. The third-order valence-electron chi connectivity index (χ3n) is 5.09. The summed E-state index contributed by atoms with van der Waals surface area (Å²) in [5.41, 5.74) is 2.18. The van der Waals surface area contributed by atoms with E-state index in [1.807, 2.05) is 60.7 Å². The fraction of sp³-hybridized carbons (Fsp3) is 0.240. The van der Waals surface area contributed by atoms with E-state index in [-0.39, 0.29) is 11.3 Å². The molecule has 1 N–H and O–H groups in total. The van der Waals surface area contributed by atoms with Gasteiger partial charge in [0.2, 0.25) is 5.91 Å². The van der Waals surface area contributed by atoms with Crippen molar-refractivity contribution in [1.82, 2.24) is 0 Å². The number of hydrogen-bond donors (Lipinski definition) is 1. The Kier molecular flexibility index (Phi) is 7.46. The van der Waals surface area contributed by atoms with Gasteiger partial charge >= 0.3 is 0 Å². The quantitative estimate of drug-likeness (QED) is 0.368. The summed E-state index contributed by atoms with van der Waals surface area (Å²) >= 11 is 7.54. The van der Waals surface area contributed by atoms with Crippen molar-refractivity contribution in [2.75, 3.05) is 11.1 Å². The highest BCUT2D eigenvalue weighted by Gasteiger charge is 2.17. The number of carbonyl (C=O) groups excluding carboxylic acids is 1. The molecule has 0 bridgehead atoms. The zero-order chi connectivity index (χ0) is 21.6. The molecule has 0 spiro atoms. The Balaban J connectivity index is 1.53. The van der Waals surface area contributed by atoms with Gasteiger partial charge < -0.3 is 10.1 Å². The Morgan fingerprint density at radius 1 is 0.967 bits per heavy atom. The summed E-state index contributed by atoms with van der Waals surface area (Å²) < 4.78 is 5.93. The van der Waals surface area contributed by atoms with E-state index >= 15 is 0 Å². The summed E-state index contributed by atoms with van der Waals surface area (Å²) in [7, 11) is 0. The molecule has 0 heterocycles. The summed E-state index contributed by atoms with van der Waals surface area (Å²) in [5, 5.41) is 3.55. The van der Waals surface area contributed by atoms with Gasteiger partial charge in [-0.2, -0.15) is 0 Å². The third-order valence-corrected chi connectivity index (χ3v) is 6.60. The lowest BCUT2D eigenvalue weighted by Crippen LogP contribution is -2.14. The summed E-state index contributed by atoms with van der Waals surface area (Å²) in [6.07, 6.45) is 1.08. The van der Waals surface area contributed by atoms with Crippen LogP contribution in [-0.2, 0) is 10.2 Å². The highest BCUT2D eigenvalue weighted by atomic mass is 35.5. The van der Waals surface area contributed by atoms with Gasteiger partial charge in [0, 0.05) is 10.6 Å². The Bertz CT molecular complexity index is 985. The zero-order valence-electron chi connectivity index (χ0n) is 17.4. The minimum absolute atomic E-state index is 0.0808. The van der Waals surface area contributed by atoms with Crippen molar-refractivity contribution in [3.63, 3.8) is 0 Å². The Morgan fingerprint density at radius 2 is 1.57 bits per heavy atom. The minimum atomic E-state index is -0.0808. The number of halogens is 1. The van der Waals surface area contributed by atoms with Crippen LogP contribution in [0.3, 0.4) is 0 Å². The highest BCUT2D eigenvalue weighted by molar-refractivity contribution is 8.00. The van der Waals surface area contributed by atoms with Crippen LogP contribution in [0.5, 0.6) is 11.5 Å². The summed E-state index contributed by atoms with van der Waals surface area (Å²) in [6.45, 7) is 6.67. The number of ether oxygens (including phenoxy) is 1. The second-order valence-electron chi connectivity index (χ2n) is 7.66. The normalized spacial score (nSPS) is 11.2. The predicted octanol–water partition coefficient (Wildman–Crippen LogP) is 7.55. The van der Waals surface area contributed by atoms with Crippen LogP contribution in [0, 0.1) is 0 Å². The lowest BCUT2D eigenvalue weighted by atomic mass is 9.82. The average molecular weight is 440 g/mol. The molecule has 3 aromatic carbocycles. The molecular weight excluding hydrogens is 414 g/mol. The monoisotopic (exact) mass is 439 g/mol. The van der Waals surface area contributed by atoms with Crippen molar-refractivity contribution in [3.05, 3.63) is 83.4 Å². The maximum atomic E-state index is 12.2. The van der Waals surface area contributed by atoms with Gasteiger partial charge in [0.1, 0.15) is 11.5 Å². The number of carbonyl (C=O) groups is 1. The largest absolute Gasteiger partial charge is 0.457 e. The van der Waals surface area contributed by atoms with Crippen molar-refractivity contribution >= 4 is 35.0 Å². The molecule has 5 heteroatoms. The molecule has 0 aliphatic rings. The van der Waals surface area contributed by atoms with E-state index in [0.717, 1.165) is 28.5 Å². The molecule has 0 unspecified atom stereocenters. The number of thioether (sulfide) groups is 1. The molecule has 30 heavy (non-hydrogen) atoms. The smallest absolute Gasteiger partial charge is 0.234 e. The van der Waals surface area contributed by atoms with Gasteiger partial charge in [-0.15, -0.1) is 11.8 Å². The van der Waals surface area contributed by atoms with Gasteiger partial charge in [0.25, 0.3) is 0 Å². The molecule has 3 aromatic rings. The Hall–Kier alpha value is -2.43. The van der Waals surface area contributed by atoms with E-state index in [0.29, 0.717) is 10.8 Å². The van der Waals surface area contributed by atoms with Crippen LogP contribution < -0.4 is 10.1 Å². The van der Waals surface area contributed by atoms with E-state index in [2.05, 4.69) is 38.2 Å².